The average Bonchev–Trinajstić information content (AvgIpc) is 3.50. The van der Waals surface area contributed by atoms with Gasteiger partial charge in [-0.15, -0.1) is 0 Å². The second-order valence-corrected chi connectivity index (χ2v) is 9.25. The number of hydrogen-bond acceptors (Lipinski definition) is 3. The Morgan fingerprint density at radius 3 is 2.67 bits per heavy atom. The van der Waals surface area contributed by atoms with E-state index in [4.69, 9.17) is 28.2 Å². The van der Waals surface area contributed by atoms with Gasteiger partial charge in [-0.05, 0) is 86.6 Å². The smallest absolute Gasteiger partial charge is 0.170 e. The number of nitrogens with zero attached hydrogens (tertiary/aromatic N) is 3. The molecule has 0 radical (unpaired) electrons. The first-order chi connectivity index (χ1) is 15.9. The first kappa shape index (κ1) is 21.7. The molecule has 1 aliphatic heterocycles. The van der Waals surface area contributed by atoms with Gasteiger partial charge < -0.3 is 19.2 Å². The van der Waals surface area contributed by atoms with E-state index in [1.165, 1.54) is 11.1 Å². The van der Waals surface area contributed by atoms with Crippen LogP contribution in [0.25, 0.3) is 5.69 Å². The standard InChI is InChI=1S/C26H25ClN4OS/c1-16-9-10-19(27)14-23(16)31-17(2)13-21(18(31)3)25-24(22-8-4-5-11-28-22)29-26(33)30(25)15-20-7-6-12-32-20/h4-14,24-25H,15H2,1-3H3,(H,29,33)/t24-,25+/m1/s1. The number of nitrogens with one attached hydrogen (secondary N) is 1. The number of furan rings is 1. The van der Waals surface area contributed by atoms with E-state index in [0.29, 0.717) is 11.7 Å². The molecule has 4 heterocycles. The molecule has 0 aliphatic carbocycles. The zero-order valence-electron chi connectivity index (χ0n) is 18.7. The molecular formula is C26H25ClN4OS. The normalized spacial score (nSPS) is 18.1. The summed E-state index contributed by atoms with van der Waals surface area (Å²) in [7, 11) is 0. The van der Waals surface area contributed by atoms with Crippen molar-refractivity contribution in [3.05, 3.63) is 106 Å². The highest BCUT2D eigenvalue weighted by atomic mass is 35.5. The molecule has 3 aromatic heterocycles. The van der Waals surface area contributed by atoms with Gasteiger partial charge in [0.15, 0.2) is 5.11 Å². The van der Waals surface area contributed by atoms with Crippen LogP contribution >= 0.6 is 23.8 Å². The highest BCUT2D eigenvalue weighted by Crippen LogP contribution is 2.42. The van der Waals surface area contributed by atoms with Crippen molar-refractivity contribution < 1.29 is 4.42 Å². The number of aromatic nitrogens is 2. The lowest BCUT2D eigenvalue weighted by Crippen LogP contribution is -2.29. The van der Waals surface area contributed by atoms with Gasteiger partial charge in [0, 0.05) is 28.3 Å². The van der Waals surface area contributed by atoms with Gasteiger partial charge in [-0.25, -0.2) is 0 Å². The highest BCUT2D eigenvalue weighted by molar-refractivity contribution is 7.80. The molecule has 5 rings (SSSR count). The summed E-state index contributed by atoms with van der Waals surface area (Å²) in [5.74, 6) is 0.866. The minimum absolute atomic E-state index is 0.0445. The molecule has 1 aliphatic rings. The lowest BCUT2D eigenvalue weighted by molar-refractivity contribution is 0.286. The van der Waals surface area contributed by atoms with Crippen LogP contribution in [0.1, 0.15) is 46.1 Å². The summed E-state index contributed by atoms with van der Waals surface area (Å²) < 4.78 is 7.94. The fourth-order valence-corrected chi connectivity index (χ4v) is 5.24. The van der Waals surface area contributed by atoms with Crippen molar-refractivity contribution in [1.82, 2.24) is 19.8 Å². The molecule has 0 bridgehead atoms. The summed E-state index contributed by atoms with van der Waals surface area (Å²) in [6.45, 7) is 6.97. The van der Waals surface area contributed by atoms with Crippen molar-refractivity contribution in [2.45, 2.75) is 39.4 Å². The Morgan fingerprint density at radius 1 is 1.09 bits per heavy atom. The van der Waals surface area contributed by atoms with Crippen molar-refractivity contribution in [3.8, 4) is 5.69 Å². The number of thiocarbonyl (C=S) groups is 1. The number of aryl methyl sites for hydroxylation is 2. The molecule has 33 heavy (non-hydrogen) atoms. The van der Waals surface area contributed by atoms with E-state index < -0.39 is 0 Å². The second kappa shape index (κ2) is 8.69. The third-order valence-corrected chi connectivity index (χ3v) is 6.89. The Labute approximate surface area is 204 Å². The van der Waals surface area contributed by atoms with Gasteiger partial charge in [0.2, 0.25) is 0 Å². The predicted molar refractivity (Wildman–Crippen MR) is 135 cm³/mol. The van der Waals surface area contributed by atoms with Crippen LogP contribution in [-0.2, 0) is 6.54 Å². The molecule has 0 spiro atoms. The van der Waals surface area contributed by atoms with E-state index in [9.17, 15) is 0 Å². The summed E-state index contributed by atoms with van der Waals surface area (Å²) in [6.07, 6.45) is 3.52. The molecule has 5 nitrogen and oxygen atoms in total. The fraction of sp³-hybridized carbons (Fsp3) is 0.231. The van der Waals surface area contributed by atoms with Gasteiger partial charge in [0.25, 0.3) is 0 Å². The zero-order valence-corrected chi connectivity index (χ0v) is 20.3. The minimum Gasteiger partial charge on any atom is -0.467 e. The summed E-state index contributed by atoms with van der Waals surface area (Å²) in [5, 5.41) is 4.93. The quantitative estimate of drug-likeness (QED) is 0.346. The van der Waals surface area contributed by atoms with Crippen molar-refractivity contribution in [3.63, 3.8) is 0 Å². The Kier molecular flexibility index (Phi) is 5.72. The number of benzene rings is 1. The topological polar surface area (TPSA) is 46.2 Å². The largest absolute Gasteiger partial charge is 0.467 e. The molecule has 4 aromatic rings. The van der Waals surface area contributed by atoms with Crippen LogP contribution in [0.4, 0.5) is 0 Å². The average molecular weight is 477 g/mol. The van der Waals surface area contributed by atoms with Crippen molar-refractivity contribution in [1.29, 1.82) is 0 Å². The Morgan fingerprint density at radius 2 is 1.94 bits per heavy atom. The fourth-order valence-electron chi connectivity index (χ4n) is 4.77. The lowest BCUT2D eigenvalue weighted by Gasteiger charge is -2.27. The van der Waals surface area contributed by atoms with Crippen LogP contribution in [-0.4, -0.2) is 19.6 Å². The predicted octanol–water partition coefficient (Wildman–Crippen LogP) is 6.22. The minimum atomic E-state index is -0.0805. The summed E-state index contributed by atoms with van der Waals surface area (Å²) in [5.41, 5.74) is 6.70. The van der Waals surface area contributed by atoms with Gasteiger partial charge in [0.05, 0.1) is 30.6 Å². The van der Waals surface area contributed by atoms with Crippen LogP contribution in [0, 0.1) is 20.8 Å². The first-order valence-electron chi connectivity index (χ1n) is 10.9. The molecule has 1 N–H and O–H groups in total. The van der Waals surface area contributed by atoms with Crippen LogP contribution < -0.4 is 5.32 Å². The molecule has 0 unspecified atom stereocenters. The van der Waals surface area contributed by atoms with Crippen LogP contribution in [0.2, 0.25) is 5.02 Å². The Bertz CT molecular complexity index is 1300. The Balaban J connectivity index is 1.65. The molecule has 1 saturated heterocycles. The maximum Gasteiger partial charge on any atom is 0.170 e. The van der Waals surface area contributed by atoms with E-state index in [1.807, 2.05) is 48.7 Å². The van der Waals surface area contributed by atoms with E-state index >= 15 is 0 Å². The van der Waals surface area contributed by atoms with E-state index in [2.05, 4.69) is 52.7 Å². The molecule has 1 aromatic carbocycles. The SMILES string of the molecule is Cc1ccc(Cl)cc1-n1c(C)cc([C@H]2[C@@H](c3ccccn3)NC(=S)N2Cc2ccco2)c1C. The monoisotopic (exact) mass is 476 g/mol. The number of halogens is 1. The van der Waals surface area contributed by atoms with Crippen LogP contribution in [0.3, 0.4) is 0 Å². The molecule has 7 heteroatoms. The number of rotatable bonds is 5. The van der Waals surface area contributed by atoms with Crippen LogP contribution in [0.5, 0.6) is 0 Å². The first-order valence-corrected chi connectivity index (χ1v) is 11.7. The van der Waals surface area contributed by atoms with Crippen molar-refractivity contribution >= 4 is 28.9 Å². The third kappa shape index (κ3) is 3.94. The van der Waals surface area contributed by atoms with Gasteiger partial charge in [-0.2, -0.15) is 0 Å². The molecule has 0 saturated carbocycles. The highest BCUT2D eigenvalue weighted by Gasteiger charge is 2.41. The van der Waals surface area contributed by atoms with Crippen LogP contribution in [0.15, 0.2) is 71.5 Å². The maximum absolute atomic E-state index is 6.36. The Hall–Kier alpha value is -3.09. The number of hydrogen-bond donors (Lipinski definition) is 1. The maximum atomic E-state index is 6.36. The molecule has 1 fully saturated rings. The summed E-state index contributed by atoms with van der Waals surface area (Å²) >= 11 is 12.2. The third-order valence-electron chi connectivity index (χ3n) is 6.31. The zero-order chi connectivity index (χ0) is 23.1. The van der Waals surface area contributed by atoms with Crippen molar-refractivity contribution in [2.24, 2.45) is 0 Å². The van der Waals surface area contributed by atoms with Gasteiger partial charge >= 0.3 is 0 Å². The van der Waals surface area contributed by atoms with E-state index in [1.54, 1.807) is 6.26 Å². The van der Waals surface area contributed by atoms with E-state index in [-0.39, 0.29) is 12.1 Å². The molecule has 0 amide bonds. The van der Waals surface area contributed by atoms with Gasteiger partial charge in [-0.1, -0.05) is 23.7 Å². The number of pyridine rings is 1. The lowest BCUT2D eigenvalue weighted by atomic mass is 9.96. The van der Waals surface area contributed by atoms with Gasteiger partial charge in [-0.3, -0.25) is 4.98 Å². The summed E-state index contributed by atoms with van der Waals surface area (Å²) in [4.78, 5) is 6.85. The van der Waals surface area contributed by atoms with E-state index in [0.717, 1.165) is 33.6 Å². The molecule has 2 atom stereocenters. The summed E-state index contributed by atoms with van der Waals surface area (Å²) in [6, 6.07) is 18.0. The molecule has 168 valence electrons. The van der Waals surface area contributed by atoms with Crippen molar-refractivity contribution in [2.75, 3.05) is 0 Å². The van der Waals surface area contributed by atoms with Gasteiger partial charge in [0.1, 0.15) is 5.76 Å². The second-order valence-electron chi connectivity index (χ2n) is 8.43. The molecular weight excluding hydrogens is 452 g/mol.